The minimum absolute atomic E-state index is 0.0209. The molecule has 0 spiro atoms. The normalized spacial score (nSPS) is 12.4. The molecule has 1 heterocycles. The van der Waals surface area contributed by atoms with E-state index in [0.717, 1.165) is 36.4 Å². The fourth-order valence-corrected chi connectivity index (χ4v) is 2.45. The van der Waals surface area contributed by atoms with Crippen molar-refractivity contribution >= 4 is 0 Å². The molecule has 0 amide bonds. The molecule has 0 radical (unpaired) electrons. The van der Waals surface area contributed by atoms with Gasteiger partial charge in [0.1, 0.15) is 5.75 Å². The molecule has 114 valence electrons. The SMILES string of the molecule is CCOc1ccc(C(N)Cc2cc(CC)nn2CC)cc1. The highest BCUT2D eigenvalue weighted by Gasteiger charge is 2.12. The standard InChI is InChI=1S/C17H25N3O/c1-4-14-11-15(20(5-2)19-14)12-17(18)13-7-9-16(10-8-13)21-6-3/h7-11,17H,4-6,12,18H2,1-3H3. The van der Waals surface area contributed by atoms with E-state index in [1.165, 1.54) is 5.69 Å². The zero-order chi connectivity index (χ0) is 15.2. The summed E-state index contributed by atoms with van der Waals surface area (Å²) in [6.07, 6.45) is 1.76. The van der Waals surface area contributed by atoms with Crippen LogP contribution in [0.2, 0.25) is 0 Å². The maximum absolute atomic E-state index is 6.34. The van der Waals surface area contributed by atoms with Crippen molar-refractivity contribution in [2.24, 2.45) is 5.73 Å². The summed E-state index contributed by atoms with van der Waals surface area (Å²) in [7, 11) is 0. The highest BCUT2D eigenvalue weighted by Crippen LogP contribution is 2.20. The first kappa shape index (κ1) is 15.6. The number of rotatable bonds is 7. The molecule has 0 aliphatic rings. The third-order valence-electron chi connectivity index (χ3n) is 3.62. The molecule has 2 rings (SSSR count). The molecular weight excluding hydrogens is 262 g/mol. The molecule has 1 unspecified atom stereocenters. The van der Waals surface area contributed by atoms with Crippen LogP contribution in [0.1, 0.15) is 43.8 Å². The Morgan fingerprint density at radius 3 is 2.48 bits per heavy atom. The van der Waals surface area contributed by atoms with Gasteiger partial charge in [0, 0.05) is 24.7 Å². The molecule has 1 atom stereocenters. The molecule has 0 aliphatic carbocycles. The average molecular weight is 287 g/mol. The van der Waals surface area contributed by atoms with E-state index in [0.29, 0.717) is 6.61 Å². The van der Waals surface area contributed by atoms with Gasteiger partial charge in [-0.05, 0) is 44.0 Å². The summed E-state index contributed by atoms with van der Waals surface area (Å²) in [5.74, 6) is 0.889. The fourth-order valence-electron chi connectivity index (χ4n) is 2.45. The zero-order valence-corrected chi connectivity index (χ0v) is 13.2. The van der Waals surface area contributed by atoms with Crippen LogP contribution in [-0.2, 0) is 19.4 Å². The van der Waals surface area contributed by atoms with Crippen molar-refractivity contribution in [2.45, 2.75) is 46.2 Å². The number of aromatic nitrogens is 2. The fraction of sp³-hybridized carbons (Fsp3) is 0.471. The summed E-state index contributed by atoms with van der Waals surface area (Å²) in [6, 6.07) is 10.2. The third kappa shape index (κ3) is 3.85. The van der Waals surface area contributed by atoms with E-state index in [9.17, 15) is 0 Å². The number of hydrogen-bond donors (Lipinski definition) is 1. The van der Waals surface area contributed by atoms with Crippen molar-refractivity contribution in [3.63, 3.8) is 0 Å². The van der Waals surface area contributed by atoms with Crippen LogP contribution in [0.4, 0.5) is 0 Å². The van der Waals surface area contributed by atoms with Gasteiger partial charge in [-0.25, -0.2) is 0 Å². The van der Waals surface area contributed by atoms with Gasteiger partial charge in [0.2, 0.25) is 0 Å². The average Bonchev–Trinajstić information content (AvgIpc) is 2.90. The summed E-state index contributed by atoms with van der Waals surface area (Å²) >= 11 is 0. The lowest BCUT2D eigenvalue weighted by atomic mass is 10.0. The monoisotopic (exact) mass is 287 g/mol. The molecular formula is C17H25N3O. The summed E-state index contributed by atoms with van der Waals surface area (Å²) in [6.45, 7) is 7.78. The molecule has 1 aromatic heterocycles. The Kier molecular flexibility index (Phi) is 5.39. The molecule has 0 bridgehead atoms. The lowest BCUT2D eigenvalue weighted by Gasteiger charge is -2.13. The lowest BCUT2D eigenvalue weighted by Crippen LogP contribution is -2.16. The molecule has 2 aromatic rings. The Hall–Kier alpha value is -1.81. The molecule has 21 heavy (non-hydrogen) atoms. The number of ether oxygens (including phenoxy) is 1. The van der Waals surface area contributed by atoms with E-state index < -0.39 is 0 Å². The summed E-state index contributed by atoms with van der Waals surface area (Å²) in [4.78, 5) is 0. The molecule has 0 aliphatic heterocycles. The van der Waals surface area contributed by atoms with E-state index in [2.05, 4.69) is 25.0 Å². The predicted octanol–water partition coefficient (Wildman–Crippen LogP) is 3.11. The van der Waals surface area contributed by atoms with Gasteiger partial charge in [-0.15, -0.1) is 0 Å². The van der Waals surface area contributed by atoms with E-state index in [-0.39, 0.29) is 6.04 Å². The van der Waals surface area contributed by atoms with Crippen molar-refractivity contribution in [2.75, 3.05) is 6.61 Å². The van der Waals surface area contributed by atoms with Gasteiger partial charge in [-0.2, -0.15) is 5.10 Å². The minimum atomic E-state index is -0.0209. The van der Waals surface area contributed by atoms with E-state index in [1.54, 1.807) is 0 Å². The Morgan fingerprint density at radius 2 is 1.90 bits per heavy atom. The summed E-state index contributed by atoms with van der Waals surface area (Å²) < 4.78 is 7.51. The van der Waals surface area contributed by atoms with E-state index in [4.69, 9.17) is 10.5 Å². The van der Waals surface area contributed by atoms with Crippen molar-refractivity contribution in [1.29, 1.82) is 0 Å². The van der Waals surface area contributed by atoms with Crippen LogP contribution in [0.15, 0.2) is 30.3 Å². The lowest BCUT2D eigenvalue weighted by molar-refractivity contribution is 0.340. The zero-order valence-electron chi connectivity index (χ0n) is 13.2. The van der Waals surface area contributed by atoms with E-state index >= 15 is 0 Å². The number of hydrogen-bond acceptors (Lipinski definition) is 3. The Balaban J connectivity index is 2.09. The maximum Gasteiger partial charge on any atom is 0.119 e. The molecule has 1 aromatic carbocycles. The van der Waals surface area contributed by atoms with E-state index in [1.807, 2.05) is 35.9 Å². The van der Waals surface area contributed by atoms with Gasteiger partial charge in [-0.3, -0.25) is 4.68 Å². The predicted molar refractivity (Wildman–Crippen MR) is 85.5 cm³/mol. The Labute approximate surface area is 126 Å². The second kappa shape index (κ2) is 7.27. The first-order chi connectivity index (χ1) is 10.2. The Bertz CT molecular complexity index is 560. The van der Waals surface area contributed by atoms with Crippen LogP contribution < -0.4 is 10.5 Å². The molecule has 4 heteroatoms. The Morgan fingerprint density at radius 1 is 1.19 bits per heavy atom. The van der Waals surface area contributed by atoms with Crippen molar-refractivity contribution in [3.8, 4) is 5.75 Å². The van der Waals surface area contributed by atoms with Crippen LogP contribution in [0.5, 0.6) is 5.75 Å². The number of nitrogens with two attached hydrogens (primary N) is 1. The number of aryl methyl sites for hydroxylation is 2. The van der Waals surface area contributed by atoms with Crippen LogP contribution in [0.3, 0.4) is 0 Å². The first-order valence-electron chi connectivity index (χ1n) is 7.71. The highest BCUT2D eigenvalue weighted by atomic mass is 16.5. The van der Waals surface area contributed by atoms with Gasteiger partial charge in [0.25, 0.3) is 0 Å². The van der Waals surface area contributed by atoms with Crippen molar-refractivity contribution in [3.05, 3.63) is 47.3 Å². The smallest absolute Gasteiger partial charge is 0.119 e. The van der Waals surface area contributed by atoms with Crippen molar-refractivity contribution in [1.82, 2.24) is 9.78 Å². The van der Waals surface area contributed by atoms with Gasteiger partial charge < -0.3 is 10.5 Å². The molecule has 0 saturated heterocycles. The molecule has 4 nitrogen and oxygen atoms in total. The largest absolute Gasteiger partial charge is 0.494 e. The van der Waals surface area contributed by atoms with Gasteiger partial charge in [0.15, 0.2) is 0 Å². The third-order valence-corrected chi connectivity index (χ3v) is 3.62. The van der Waals surface area contributed by atoms with Crippen LogP contribution in [0, 0.1) is 0 Å². The molecule has 0 fully saturated rings. The second-order valence-electron chi connectivity index (χ2n) is 5.11. The minimum Gasteiger partial charge on any atom is -0.494 e. The van der Waals surface area contributed by atoms with Crippen molar-refractivity contribution < 1.29 is 4.74 Å². The molecule has 2 N–H and O–H groups in total. The van der Waals surface area contributed by atoms with Crippen LogP contribution >= 0.6 is 0 Å². The number of benzene rings is 1. The van der Waals surface area contributed by atoms with Gasteiger partial charge >= 0.3 is 0 Å². The quantitative estimate of drug-likeness (QED) is 0.851. The number of nitrogens with zero attached hydrogens (tertiary/aromatic N) is 2. The first-order valence-corrected chi connectivity index (χ1v) is 7.71. The molecule has 0 saturated carbocycles. The van der Waals surface area contributed by atoms with Gasteiger partial charge in [-0.1, -0.05) is 19.1 Å². The second-order valence-corrected chi connectivity index (χ2v) is 5.11. The summed E-state index contributed by atoms with van der Waals surface area (Å²) in [5.41, 5.74) is 9.80. The highest BCUT2D eigenvalue weighted by molar-refractivity contribution is 5.30. The van der Waals surface area contributed by atoms with Gasteiger partial charge in [0.05, 0.1) is 12.3 Å². The summed E-state index contributed by atoms with van der Waals surface area (Å²) in [5, 5.41) is 4.57. The van der Waals surface area contributed by atoms with Crippen LogP contribution in [-0.4, -0.2) is 16.4 Å². The maximum atomic E-state index is 6.34. The van der Waals surface area contributed by atoms with Crippen LogP contribution in [0.25, 0.3) is 0 Å². The topological polar surface area (TPSA) is 53.1 Å².